The van der Waals surface area contributed by atoms with Gasteiger partial charge in [-0.3, -0.25) is 4.79 Å². The lowest BCUT2D eigenvalue weighted by molar-refractivity contribution is -0.120. The molecule has 1 atom stereocenters. The van der Waals surface area contributed by atoms with E-state index in [-0.39, 0.29) is 11.2 Å². The summed E-state index contributed by atoms with van der Waals surface area (Å²) in [5.41, 5.74) is 5.81. The topological polar surface area (TPSA) is 50.7 Å². The van der Waals surface area contributed by atoms with Crippen LogP contribution in [0, 0.1) is 6.92 Å². The molecule has 3 aromatic rings. The third-order valence-electron chi connectivity index (χ3n) is 4.29. The Hall–Kier alpha value is -2.76. The highest BCUT2D eigenvalue weighted by Crippen LogP contribution is 2.24. The van der Waals surface area contributed by atoms with Crippen molar-refractivity contribution in [2.45, 2.75) is 30.6 Å². The van der Waals surface area contributed by atoms with Crippen LogP contribution in [0.2, 0.25) is 5.02 Å². The number of nitrogens with zero attached hydrogens (tertiary/aromatic N) is 1. The van der Waals surface area contributed by atoms with E-state index in [0.29, 0.717) is 11.6 Å². The van der Waals surface area contributed by atoms with Gasteiger partial charge in [0.05, 0.1) is 11.5 Å². The minimum Gasteiger partial charge on any atom is -0.489 e. The standard InChI is InChI=1S/C24H23ClN2O2S/c1-17-3-5-20(6-4-17)16-29-22-11-7-19(8-12-22)15-26-27-24(28)18(2)30-23-13-9-21(25)10-14-23/h3-15,18H,16H2,1-2H3,(H,27,28)/b26-15+. The molecule has 0 spiro atoms. The molecule has 3 aromatic carbocycles. The zero-order valence-electron chi connectivity index (χ0n) is 16.8. The first-order valence-corrected chi connectivity index (χ1v) is 10.8. The maximum Gasteiger partial charge on any atom is 0.253 e. The quantitative estimate of drug-likeness (QED) is 0.272. The maximum atomic E-state index is 12.2. The van der Waals surface area contributed by atoms with Crippen LogP contribution in [0.3, 0.4) is 0 Å². The molecule has 1 unspecified atom stereocenters. The number of thioether (sulfide) groups is 1. The van der Waals surface area contributed by atoms with Gasteiger partial charge in [0.2, 0.25) is 0 Å². The third kappa shape index (κ3) is 6.94. The number of amides is 1. The number of hydrogen-bond acceptors (Lipinski definition) is 4. The summed E-state index contributed by atoms with van der Waals surface area (Å²) in [6.07, 6.45) is 1.61. The number of halogens is 1. The van der Waals surface area contributed by atoms with Crippen molar-refractivity contribution in [3.8, 4) is 5.75 Å². The number of ether oxygens (including phenoxy) is 1. The Morgan fingerprint density at radius 3 is 2.40 bits per heavy atom. The average molecular weight is 439 g/mol. The second kappa shape index (κ2) is 10.9. The fraction of sp³-hybridized carbons (Fsp3) is 0.167. The lowest BCUT2D eigenvalue weighted by Gasteiger charge is -2.09. The van der Waals surface area contributed by atoms with Crippen molar-refractivity contribution in [2.75, 3.05) is 0 Å². The van der Waals surface area contributed by atoms with E-state index in [9.17, 15) is 4.79 Å². The van der Waals surface area contributed by atoms with E-state index in [1.165, 1.54) is 17.3 Å². The van der Waals surface area contributed by atoms with Crippen LogP contribution in [0.15, 0.2) is 82.8 Å². The molecule has 0 heterocycles. The van der Waals surface area contributed by atoms with Crippen LogP contribution in [0.4, 0.5) is 0 Å². The van der Waals surface area contributed by atoms with Gasteiger partial charge < -0.3 is 4.74 Å². The molecule has 0 saturated heterocycles. The van der Waals surface area contributed by atoms with Crippen molar-refractivity contribution in [3.63, 3.8) is 0 Å². The van der Waals surface area contributed by atoms with Gasteiger partial charge in [-0.2, -0.15) is 5.10 Å². The van der Waals surface area contributed by atoms with Gasteiger partial charge in [-0.1, -0.05) is 41.4 Å². The molecule has 0 aliphatic rings. The predicted octanol–water partition coefficient (Wildman–Crippen LogP) is 5.86. The number of rotatable bonds is 8. The second-order valence-corrected chi connectivity index (χ2v) is 8.64. The number of carbonyl (C=O) groups is 1. The van der Waals surface area contributed by atoms with E-state index in [4.69, 9.17) is 16.3 Å². The monoisotopic (exact) mass is 438 g/mol. The fourth-order valence-corrected chi connectivity index (χ4v) is 3.52. The first-order chi connectivity index (χ1) is 14.5. The van der Waals surface area contributed by atoms with Gasteiger partial charge in [0, 0.05) is 9.92 Å². The van der Waals surface area contributed by atoms with Crippen molar-refractivity contribution in [1.82, 2.24) is 5.43 Å². The lowest BCUT2D eigenvalue weighted by Crippen LogP contribution is -2.26. The number of benzene rings is 3. The number of nitrogens with one attached hydrogen (secondary N) is 1. The molecular weight excluding hydrogens is 416 g/mol. The van der Waals surface area contributed by atoms with Crippen molar-refractivity contribution in [3.05, 3.63) is 94.5 Å². The zero-order valence-corrected chi connectivity index (χ0v) is 18.4. The lowest BCUT2D eigenvalue weighted by atomic mass is 10.2. The first kappa shape index (κ1) is 21.9. The Bertz CT molecular complexity index is 987. The van der Waals surface area contributed by atoms with Crippen molar-refractivity contribution in [2.24, 2.45) is 5.10 Å². The summed E-state index contributed by atoms with van der Waals surface area (Å²) in [5.74, 6) is 0.619. The molecule has 0 aliphatic carbocycles. The molecule has 0 radical (unpaired) electrons. The van der Waals surface area contributed by atoms with Crippen LogP contribution >= 0.6 is 23.4 Å². The van der Waals surface area contributed by atoms with Gasteiger partial charge in [-0.05, 0) is 73.5 Å². The molecule has 1 amide bonds. The Kier molecular flexibility index (Phi) is 7.94. The van der Waals surface area contributed by atoms with Gasteiger partial charge in [-0.15, -0.1) is 11.8 Å². The van der Waals surface area contributed by atoms with E-state index in [0.717, 1.165) is 21.8 Å². The average Bonchev–Trinajstić information content (AvgIpc) is 2.76. The molecule has 0 aromatic heterocycles. The highest BCUT2D eigenvalue weighted by molar-refractivity contribution is 8.00. The van der Waals surface area contributed by atoms with Gasteiger partial charge >= 0.3 is 0 Å². The summed E-state index contributed by atoms with van der Waals surface area (Å²) in [5, 5.41) is 4.45. The van der Waals surface area contributed by atoms with E-state index in [1.54, 1.807) is 18.3 Å². The van der Waals surface area contributed by atoms with Crippen LogP contribution in [-0.4, -0.2) is 17.4 Å². The minimum atomic E-state index is -0.277. The van der Waals surface area contributed by atoms with E-state index in [1.807, 2.05) is 43.3 Å². The van der Waals surface area contributed by atoms with Crippen LogP contribution in [-0.2, 0) is 11.4 Å². The van der Waals surface area contributed by atoms with Crippen LogP contribution in [0.25, 0.3) is 0 Å². The first-order valence-electron chi connectivity index (χ1n) is 9.53. The highest BCUT2D eigenvalue weighted by Gasteiger charge is 2.13. The number of hydrazone groups is 1. The molecule has 154 valence electrons. The third-order valence-corrected chi connectivity index (χ3v) is 5.65. The van der Waals surface area contributed by atoms with Crippen LogP contribution in [0.5, 0.6) is 5.75 Å². The minimum absolute atomic E-state index is 0.163. The fourth-order valence-electron chi connectivity index (χ4n) is 2.53. The zero-order chi connectivity index (χ0) is 21.3. The SMILES string of the molecule is Cc1ccc(COc2ccc(/C=N/NC(=O)C(C)Sc3ccc(Cl)cc3)cc2)cc1. The van der Waals surface area contributed by atoms with Gasteiger partial charge in [0.15, 0.2) is 0 Å². The summed E-state index contributed by atoms with van der Waals surface area (Å²) in [6.45, 7) is 4.42. The largest absolute Gasteiger partial charge is 0.489 e. The molecule has 30 heavy (non-hydrogen) atoms. The number of hydrogen-bond donors (Lipinski definition) is 1. The highest BCUT2D eigenvalue weighted by atomic mass is 35.5. The van der Waals surface area contributed by atoms with Gasteiger partial charge in [-0.25, -0.2) is 5.43 Å². The molecule has 0 bridgehead atoms. The van der Waals surface area contributed by atoms with E-state index < -0.39 is 0 Å². The van der Waals surface area contributed by atoms with Crippen LogP contribution < -0.4 is 10.2 Å². The molecule has 4 nitrogen and oxygen atoms in total. The Labute approximate surface area is 186 Å². The molecule has 0 aliphatic heterocycles. The van der Waals surface area contributed by atoms with Crippen LogP contribution in [0.1, 0.15) is 23.6 Å². The summed E-state index contributed by atoms with van der Waals surface area (Å²) < 4.78 is 5.80. The molecular formula is C24H23ClN2O2S. The molecule has 0 fully saturated rings. The summed E-state index contributed by atoms with van der Waals surface area (Å²) in [7, 11) is 0. The molecule has 1 N–H and O–H groups in total. The summed E-state index contributed by atoms with van der Waals surface area (Å²) in [6, 6.07) is 23.2. The Morgan fingerprint density at radius 1 is 1.07 bits per heavy atom. The van der Waals surface area contributed by atoms with Crippen molar-refractivity contribution in [1.29, 1.82) is 0 Å². The van der Waals surface area contributed by atoms with Gasteiger partial charge in [0.25, 0.3) is 5.91 Å². The van der Waals surface area contributed by atoms with E-state index in [2.05, 4.69) is 41.7 Å². The smallest absolute Gasteiger partial charge is 0.253 e. The van der Waals surface area contributed by atoms with Gasteiger partial charge in [0.1, 0.15) is 12.4 Å². The van der Waals surface area contributed by atoms with Crippen molar-refractivity contribution < 1.29 is 9.53 Å². The Balaban J connectivity index is 1.45. The Morgan fingerprint density at radius 2 is 1.73 bits per heavy atom. The number of carbonyl (C=O) groups excluding carboxylic acids is 1. The number of aryl methyl sites for hydroxylation is 1. The summed E-state index contributed by atoms with van der Waals surface area (Å²) >= 11 is 7.33. The van der Waals surface area contributed by atoms with Crippen molar-refractivity contribution >= 4 is 35.5 Å². The molecule has 6 heteroatoms. The normalized spacial score (nSPS) is 12.0. The molecule has 0 saturated carbocycles. The molecule has 3 rings (SSSR count). The second-order valence-electron chi connectivity index (χ2n) is 6.79. The summed E-state index contributed by atoms with van der Waals surface area (Å²) in [4.78, 5) is 13.2. The van der Waals surface area contributed by atoms with E-state index >= 15 is 0 Å². The predicted molar refractivity (Wildman–Crippen MR) is 124 cm³/mol. The maximum absolute atomic E-state index is 12.2.